The van der Waals surface area contributed by atoms with Crippen LogP contribution >= 0.6 is 23.2 Å². The highest BCUT2D eigenvalue weighted by molar-refractivity contribution is 6.30. The van der Waals surface area contributed by atoms with E-state index in [-0.39, 0.29) is 23.6 Å². The molecule has 1 saturated heterocycles. The molecule has 0 spiro atoms. The van der Waals surface area contributed by atoms with Gasteiger partial charge in [-0.15, -0.1) is 0 Å². The topological polar surface area (TPSA) is 65.9 Å². The van der Waals surface area contributed by atoms with Gasteiger partial charge in [-0.1, -0.05) is 35.3 Å². The molecule has 2 aliphatic rings. The summed E-state index contributed by atoms with van der Waals surface area (Å²) >= 11 is 12.1. The molecule has 188 valence electrons. The van der Waals surface area contributed by atoms with Crippen molar-refractivity contribution in [3.63, 3.8) is 0 Å². The summed E-state index contributed by atoms with van der Waals surface area (Å²) in [4.78, 5) is 21.8. The number of methoxy groups -OCH3 is 1. The first-order valence-electron chi connectivity index (χ1n) is 11.6. The van der Waals surface area contributed by atoms with Crippen LogP contribution in [0.3, 0.4) is 0 Å². The number of pyridine rings is 1. The first kappa shape index (κ1) is 25.1. The number of benzene rings is 2. The number of carbonyl (C=O) groups is 1. The van der Waals surface area contributed by atoms with Crippen molar-refractivity contribution in [1.29, 1.82) is 0 Å². The molecule has 3 aromatic rings. The van der Waals surface area contributed by atoms with Crippen LogP contribution in [0.2, 0.25) is 10.0 Å². The number of aromatic nitrogens is 1. The first-order chi connectivity index (χ1) is 17.1. The van der Waals surface area contributed by atoms with E-state index >= 15 is 4.39 Å². The summed E-state index contributed by atoms with van der Waals surface area (Å²) in [6.45, 7) is 3.07. The Morgan fingerprint density at radius 1 is 1.17 bits per heavy atom. The van der Waals surface area contributed by atoms with E-state index in [0.29, 0.717) is 40.0 Å². The number of fused-ring (bicyclic) bond motifs is 1. The van der Waals surface area contributed by atoms with E-state index in [0.717, 1.165) is 0 Å². The highest BCUT2D eigenvalue weighted by Gasteiger charge is 2.54. The van der Waals surface area contributed by atoms with Gasteiger partial charge in [0.15, 0.2) is 5.72 Å². The zero-order valence-electron chi connectivity index (χ0n) is 20.1. The van der Waals surface area contributed by atoms with Crippen LogP contribution in [0.25, 0.3) is 0 Å². The average molecular weight is 530 g/mol. The number of rotatable bonds is 6. The third-order valence-electron chi connectivity index (χ3n) is 7.37. The van der Waals surface area contributed by atoms with Gasteiger partial charge in [0.2, 0.25) is 0 Å². The molecule has 1 amide bonds. The fraction of sp³-hybridized carbons (Fsp3) is 0.333. The number of ether oxygens (including phenoxy) is 1. The Hall–Kier alpha value is -2.55. The monoisotopic (exact) mass is 529 g/mol. The largest absolute Gasteiger partial charge is 0.385 e. The van der Waals surface area contributed by atoms with E-state index in [2.05, 4.69) is 9.88 Å². The van der Waals surface area contributed by atoms with Gasteiger partial charge in [0.05, 0.1) is 34.0 Å². The molecule has 2 aromatic carbocycles. The van der Waals surface area contributed by atoms with Crippen molar-refractivity contribution < 1.29 is 19.0 Å². The van der Waals surface area contributed by atoms with Gasteiger partial charge < -0.3 is 14.7 Å². The second-order valence-electron chi connectivity index (χ2n) is 9.66. The van der Waals surface area contributed by atoms with Crippen LogP contribution < -0.4 is 0 Å². The molecule has 5 rings (SSSR count). The highest BCUT2D eigenvalue weighted by Crippen LogP contribution is 2.48. The standard InChI is InChI=1S/C27H26Cl2FN3O3/c1-26(35,18-13-32(2)14-18)17-10-22-24(23(30)11-17)27(36-3,16-4-6-19(28)7-5-16)33(25(22)34)15-21-9-8-20(29)12-31-21/h4-12,18,35H,13-15H2,1-3H3/t26?,27-/m1/s1. The van der Waals surface area contributed by atoms with Crippen molar-refractivity contribution in [2.45, 2.75) is 24.8 Å². The molecule has 3 heterocycles. The summed E-state index contributed by atoms with van der Waals surface area (Å²) in [5.74, 6) is -1.14. The van der Waals surface area contributed by atoms with Gasteiger partial charge in [-0.05, 0) is 55.9 Å². The number of hydrogen-bond acceptors (Lipinski definition) is 5. The minimum absolute atomic E-state index is 0.0414. The van der Waals surface area contributed by atoms with Crippen LogP contribution in [0, 0.1) is 11.7 Å². The summed E-state index contributed by atoms with van der Waals surface area (Å²) in [5, 5.41) is 12.3. The fourth-order valence-electron chi connectivity index (χ4n) is 5.28. The van der Waals surface area contributed by atoms with Gasteiger partial charge >= 0.3 is 0 Å². The normalized spacial score (nSPS) is 21.9. The molecule has 1 unspecified atom stereocenters. The van der Waals surface area contributed by atoms with Crippen LogP contribution in [-0.2, 0) is 22.6 Å². The Bertz CT molecular complexity index is 1310. The number of amides is 1. The van der Waals surface area contributed by atoms with Crippen molar-refractivity contribution in [1.82, 2.24) is 14.8 Å². The van der Waals surface area contributed by atoms with E-state index in [1.165, 1.54) is 24.3 Å². The smallest absolute Gasteiger partial charge is 0.257 e. The lowest BCUT2D eigenvalue weighted by atomic mass is 9.77. The van der Waals surface area contributed by atoms with Gasteiger partial charge in [0.1, 0.15) is 5.82 Å². The van der Waals surface area contributed by atoms with Crippen LogP contribution in [0.15, 0.2) is 54.7 Å². The molecule has 1 aromatic heterocycles. The van der Waals surface area contributed by atoms with Crippen LogP contribution in [0.5, 0.6) is 0 Å². The maximum Gasteiger partial charge on any atom is 0.257 e. The molecule has 0 bridgehead atoms. The second kappa shape index (κ2) is 9.08. The molecular formula is C27H26Cl2FN3O3. The molecule has 2 atom stereocenters. The maximum atomic E-state index is 16.1. The van der Waals surface area contributed by atoms with Gasteiger partial charge in [-0.25, -0.2) is 4.39 Å². The number of nitrogens with zero attached hydrogens (tertiary/aromatic N) is 3. The SMILES string of the molecule is CO[C@]1(c2ccc(Cl)cc2)c2c(F)cc(C(C)(O)C3CN(C)C3)cc2C(=O)N1Cc1ccc(Cl)cn1. The van der Waals surface area contributed by atoms with E-state index < -0.39 is 23.1 Å². The molecule has 36 heavy (non-hydrogen) atoms. The number of carbonyl (C=O) groups excluding carboxylic acids is 1. The number of hydrogen-bond donors (Lipinski definition) is 1. The first-order valence-corrected chi connectivity index (χ1v) is 12.3. The molecular weight excluding hydrogens is 504 g/mol. The molecule has 0 radical (unpaired) electrons. The third-order valence-corrected chi connectivity index (χ3v) is 7.84. The molecule has 2 aliphatic heterocycles. The predicted molar refractivity (Wildman–Crippen MR) is 135 cm³/mol. The number of likely N-dealkylation sites (tertiary alicyclic amines) is 1. The second-order valence-corrected chi connectivity index (χ2v) is 10.5. The Labute approximate surface area is 219 Å². The van der Waals surface area contributed by atoms with Gasteiger partial charge in [0.25, 0.3) is 5.91 Å². The minimum Gasteiger partial charge on any atom is -0.385 e. The quantitative estimate of drug-likeness (QED) is 0.496. The van der Waals surface area contributed by atoms with Crippen molar-refractivity contribution in [2.75, 3.05) is 27.2 Å². The molecule has 9 heteroatoms. The van der Waals surface area contributed by atoms with Crippen LogP contribution in [-0.4, -0.2) is 53.0 Å². The van der Waals surface area contributed by atoms with E-state index in [4.69, 9.17) is 27.9 Å². The predicted octanol–water partition coefficient (Wildman–Crippen LogP) is 4.80. The lowest BCUT2D eigenvalue weighted by Gasteiger charge is -2.45. The third kappa shape index (κ3) is 3.90. The summed E-state index contributed by atoms with van der Waals surface area (Å²) < 4.78 is 22.1. The Balaban J connectivity index is 1.68. The molecule has 0 aliphatic carbocycles. The lowest BCUT2D eigenvalue weighted by molar-refractivity contribution is -0.0887. The van der Waals surface area contributed by atoms with Crippen LogP contribution in [0.1, 0.15) is 39.7 Å². The number of aliphatic hydroxyl groups is 1. The van der Waals surface area contributed by atoms with E-state index in [1.807, 2.05) is 7.05 Å². The number of halogens is 3. The fourth-order valence-corrected chi connectivity index (χ4v) is 5.51. The van der Waals surface area contributed by atoms with Crippen LogP contribution in [0.4, 0.5) is 4.39 Å². The van der Waals surface area contributed by atoms with Gasteiger partial charge in [-0.3, -0.25) is 14.7 Å². The average Bonchev–Trinajstić information content (AvgIpc) is 3.07. The minimum atomic E-state index is -1.57. The van der Waals surface area contributed by atoms with E-state index in [1.54, 1.807) is 49.4 Å². The van der Waals surface area contributed by atoms with E-state index in [9.17, 15) is 9.90 Å². The Morgan fingerprint density at radius 2 is 1.83 bits per heavy atom. The molecule has 0 saturated carbocycles. The van der Waals surface area contributed by atoms with Crippen molar-refractivity contribution in [3.8, 4) is 0 Å². The highest BCUT2D eigenvalue weighted by atomic mass is 35.5. The molecule has 1 N–H and O–H groups in total. The Morgan fingerprint density at radius 3 is 2.42 bits per heavy atom. The summed E-state index contributed by atoms with van der Waals surface area (Å²) in [7, 11) is 3.40. The molecule has 6 nitrogen and oxygen atoms in total. The molecule has 1 fully saturated rings. The zero-order valence-corrected chi connectivity index (χ0v) is 21.6. The van der Waals surface area contributed by atoms with Crippen molar-refractivity contribution >= 4 is 29.1 Å². The summed E-state index contributed by atoms with van der Waals surface area (Å²) in [6, 6.07) is 13.1. The van der Waals surface area contributed by atoms with Crippen molar-refractivity contribution in [2.24, 2.45) is 5.92 Å². The van der Waals surface area contributed by atoms with Gasteiger partial charge in [-0.2, -0.15) is 0 Å². The maximum absolute atomic E-state index is 16.1. The summed E-state index contributed by atoms with van der Waals surface area (Å²) in [5.41, 5.74) is -1.18. The lowest BCUT2D eigenvalue weighted by Crippen LogP contribution is -2.53. The van der Waals surface area contributed by atoms with Gasteiger partial charge in [0, 0.05) is 42.9 Å². The summed E-state index contributed by atoms with van der Waals surface area (Å²) in [6.07, 6.45) is 1.49. The zero-order chi connectivity index (χ0) is 25.8. The van der Waals surface area contributed by atoms with Crippen molar-refractivity contribution in [3.05, 3.63) is 98.5 Å². The Kier molecular flexibility index (Phi) is 6.34.